The Balaban J connectivity index is 1.92. The zero-order valence-electron chi connectivity index (χ0n) is 15.6. The minimum Gasteiger partial charge on any atom is -0.478 e. The second kappa shape index (κ2) is 8.58. The van der Waals surface area contributed by atoms with Gasteiger partial charge in [0.2, 0.25) is 0 Å². The molecule has 2 aromatic carbocycles. The Morgan fingerprint density at radius 1 is 1.03 bits per heavy atom. The van der Waals surface area contributed by atoms with Gasteiger partial charge in [0.1, 0.15) is 4.32 Å². The number of carboxylic acid groups (broad SMARTS) is 1. The van der Waals surface area contributed by atoms with Gasteiger partial charge in [0.25, 0.3) is 5.91 Å². The van der Waals surface area contributed by atoms with E-state index in [0.29, 0.717) is 17.7 Å². The zero-order chi connectivity index (χ0) is 23.8. The molecular weight excluding hydrogens is 480 g/mol. The van der Waals surface area contributed by atoms with Gasteiger partial charge < -0.3 is 5.11 Å². The number of thiocarbonyl (C=S) groups is 1. The minimum absolute atomic E-state index is 0.00312. The molecule has 32 heavy (non-hydrogen) atoms. The van der Waals surface area contributed by atoms with Gasteiger partial charge in [-0.1, -0.05) is 36.1 Å². The second-order valence-electron chi connectivity index (χ2n) is 6.61. The molecule has 0 spiro atoms. The maximum Gasteiger partial charge on any atom is 0.416 e. The molecule has 0 bridgehead atoms. The number of halogens is 6. The molecule has 2 aromatic rings. The highest BCUT2D eigenvalue weighted by atomic mass is 32.2. The van der Waals surface area contributed by atoms with E-state index in [-0.39, 0.29) is 20.9 Å². The molecule has 0 saturated carbocycles. The fourth-order valence-electron chi connectivity index (χ4n) is 2.84. The third kappa shape index (κ3) is 5.30. The summed E-state index contributed by atoms with van der Waals surface area (Å²) >= 11 is 5.89. The van der Waals surface area contributed by atoms with Crippen LogP contribution in [0.15, 0.2) is 47.4 Å². The van der Waals surface area contributed by atoms with E-state index >= 15 is 0 Å². The quantitative estimate of drug-likeness (QED) is 0.332. The number of hydrogen-bond acceptors (Lipinski definition) is 4. The lowest BCUT2D eigenvalue weighted by atomic mass is 10.0. The Labute approximate surface area is 186 Å². The predicted molar refractivity (Wildman–Crippen MR) is 109 cm³/mol. The van der Waals surface area contributed by atoms with Gasteiger partial charge in [-0.15, -0.1) is 0 Å². The third-order valence-corrected chi connectivity index (χ3v) is 5.67. The van der Waals surface area contributed by atoms with Crippen LogP contribution in [0.25, 0.3) is 6.08 Å². The number of hydrogen-bond donors (Lipinski definition) is 1. The van der Waals surface area contributed by atoms with Crippen LogP contribution in [0.5, 0.6) is 0 Å². The molecule has 1 saturated heterocycles. The van der Waals surface area contributed by atoms with Gasteiger partial charge in [-0.25, -0.2) is 4.79 Å². The SMILES string of the molecule is O=C(O)c1cccc(/C=C2\SC(=S)N(Cc3cc(C(F)(F)F)cc(C(F)(F)F)c3)C2=O)c1. The van der Waals surface area contributed by atoms with Gasteiger partial charge in [0.05, 0.1) is 28.1 Å². The Morgan fingerprint density at radius 3 is 2.16 bits per heavy atom. The molecule has 0 aromatic heterocycles. The minimum atomic E-state index is -5.01. The Kier molecular flexibility index (Phi) is 6.38. The number of carbonyl (C=O) groups excluding carboxylic acids is 1. The number of benzene rings is 2. The summed E-state index contributed by atoms with van der Waals surface area (Å²) in [6, 6.07) is 6.71. The van der Waals surface area contributed by atoms with E-state index in [4.69, 9.17) is 17.3 Å². The van der Waals surface area contributed by atoms with E-state index < -0.39 is 47.5 Å². The summed E-state index contributed by atoms with van der Waals surface area (Å²) < 4.78 is 78.4. The maximum atomic E-state index is 13.1. The molecule has 1 aliphatic rings. The predicted octanol–water partition coefficient (Wildman–Crippen LogP) is 5.82. The Morgan fingerprint density at radius 2 is 1.62 bits per heavy atom. The van der Waals surface area contributed by atoms with E-state index in [1.54, 1.807) is 0 Å². The Hall–Kier alpha value is -2.86. The topological polar surface area (TPSA) is 57.6 Å². The van der Waals surface area contributed by atoms with Crippen LogP contribution in [0.2, 0.25) is 0 Å². The average molecular weight is 491 g/mol. The molecule has 12 heteroatoms. The number of rotatable bonds is 4. The summed E-state index contributed by atoms with van der Waals surface area (Å²) in [4.78, 5) is 24.7. The van der Waals surface area contributed by atoms with Crippen LogP contribution in [0.3, 0.4) is 0 Å². The van der Waals surface area contributed by atoms with Crippen LogP contribution in [0.4, 0.5) is 26.3 Å². The second-order valence-corrected chi connectivity index (χ2v) is 8.29. The van der Waals surface area contributed by atoms with Crippen molar-refractivity contribution in [3.8, 4) is 0 Å². The third-order valence-electron chi connectivity index (χ3n) is 4.29. The smallest absolute Gasteiger partial charge is 0.416 e. The number of nitrogens with zero attached hydrogens (tertiary/aromatic N) is 1. The van der Waals surface area contributed by atoms with Crippen molar-refractivity contribution in [2.24, 2.45) is 0 Å². The van der Waals surface area contributed by atoms with E-state index in [1.165, 1.54) is 30.3 Å². The number of alkyl halides is 6. The monoisotopic (exact) mass is 491 g/mol. The summed E-state index contributed by atoms with van der Waals surface area (Å²) in [6.45, 7) is -0.593. The first-order valence-corrected chi connectivity index (χ1v) is 9.85. The van der Waals surface area contributed by atoms with Crippen molar-refractivity contribution in [3.05, 3.63) is 75.2 Å². The van der Waals surface area contributed by atoms with E-state index in [9.17, 15) is 35.9 Å². The van der Waals surface area contributed by atoms with Crippen LogP contribution in [-0.2, 0) is 23.7 Å². The van der Waals surface area contributed by atoms with Crippen LogP contribution >= 0.6 is 24.0 Å². The highest BCUT2D eigenvalue weighted by molar-refractivity contribution is 8.26. The molecule has 0 aliphatic carbocycles. The molecule has 1 fully saturated rings. The number of thioether (sulfide) groups is 1. The van der Waals surface area contributed by atoms with Gasteiger partial charge in [-0.3, -0.25) is 9.69 Å². The van der Waals surface area contributed by atoms with E-state index in [2.05, 4.69) is 0 Å². The van der Waals surface area contributed by atoms with Crippen molar-refractivity contribution < 1.29 is 41.0 Å². The van der Waals surface area contributed by atoms with Gasteiger partial charge >= 0.3 is 18.3 Å². The average Bonchev–Trinajstić information content (AvgIpc) is 2.94. The lowest BCUT2D eigenvalue weighted by Gasteiger charge is -2.18. The molecule has 1 N–H and O–H groups in total. The molecule has 3 rings (SSSR count). The first-order chi connectivity index (χ1) is 14.8. The van der Waals surface area contributed by atoms with Gasteiger partial charge in [0.15, 0.2) is 0 Å². The number of carbonyl (C=O) groups is 2. The highest BCUT2D eigenvalue weighted by Crippen LogP contribution is 2.38. The summed E-state index contributed by atoms with van der Waals surface area (Å²) in [7, 11) is 0. The summed E-state index contributed by atoms with van der Waals surface area (Å²) in [5, 5.41) is 9.05. The summed E-state index contributed by atoms with van der Waals surface area (Å²) in [6.07, 6.45) is -8.68. The molecular formula is C20H11F6NO3S2. The summed E-state index contributed by atoms with van der Waals surface area (Å²) in [5.74, 6) is -1.90. The van der Waals surface area contributed by atoms with Gasteiger partial charge in [-0.05, 0) is 47.5 Å². The molecule has 1 aliphatic heterocycles. The maximum absolute atomic E-state index is 13.1. The number of amides is 1. The normalized spacial score (nSPS) is 16.2. The lowest BCUT2D eigenvalue weighted by molar-refractivity contribution is -0.143. The fourth-order valence-corrected chi connectivity index (χ4v) is 4.10. The molecule has 1 amide bonds. The summed E-state index contributed by atoms with van der Waals surface area (Å²) in [5.41, 5.74) is -3.04. The van der Waals surface area contributed by atoms with Crippen LogP contribution in [-0.4, -0.2) is 26.2 Å². The van der Waals surface area contributed by atoms with Crippen LogP contribution in [0.1, 0.15) is 32.6 Å². The molecule has 168 valence electrons. The van der Waals surface area contributed by atoms with Crippen molar-refractivity contribution in [2.75, 3.05) is 0 Å². The lowest BCUT2D eigenvalue weighted by Crippen LogP contribution is -2.27. The van der Waals surface area contributed by atoms with E-state index in [1.807, 2.05) is 0 Å². The Bertz CT molecular complexity index is 1110. The fraction of sp³-hybridized carbons (Fsp3) is 0.150. The van der Waals surface area contributed by atoms with Crippen molar-refractivity contribution in [1.29, 1.82) is 0 Å². The van der Waals surface area contributed by atoms with E-state index in [0.717, 1.165) is 16.7 Å². The van der Waals surface area contributed by atoms with Crippen LogP contribution < -0.4 is 0 Å². The van der Waals surface area contributed by atoms with Gasteiger partial charge in [-0.2, -0.15) is 26.3 Å². The van der Waals surface area contributed by atoms with Crippen molar-refractivity contribution in [2.45, 2.75) is 18.9 Å². The first kappa shape index (κ1) is 23.8. The number of carboxylic acids is 1. The largest absolute Gasteiger partial charge is 0.478 e. The number of aromatic carboxylic acids is 1. The molecule has 0 atom stereocenters. The standard InChI is InChI=1S/C20H11F6NO3S2/c21-19(22,23)13-5-11(6-14(8-13)20(24,25)26)9-27-16(28)15(32-18(27)31)7-10-2-1-3-12(4-10)17(29)30/h1-8H,9H2,(H,29,30)/b15-7-. The van der Waals surface area contributed by atoms with Crippen molar-refractivity contribution in [1.82, 2.24) is 4.90 Å². The molecule has 4 nitrogen and oxygen atoms in total. The molecule has 0 unspecified atom stereocenters. The zero-order valence-corrected chi connectivity index (χ0v) is 17.3. The van der Waals surface area contributed by atoms with Crippen molar-refractivity contribution in [3.63, 3.8) is 0 Å². The molecule has 0 radical (unpaired) electrons. The van der Waals surface area contributed by atoms with Gasteiger partial charge in [0, 0.05) is 0 Å². The van der Waals surface area contributed by atoms with Crippen LogP contribution in [0, 0.1) is 0 Å². The van der Waals surface area contributed by atoms with Crippen molar-refractivity contribution >= 4 is 46.3 Å². The first-order valence-electron chi connectivity index (χ1n) is 8.63. The highest BCUT2D eigenvalue weighted by Gasteiger charge is 2.38. The molecule has 1 heterocycles.